The van der Waals surface area contributed by atoms with E-state index < -0.39 is 74.7 Å². The number of hydrogen-bond acceptors (Lipinski definition) is 14. The van der Waals surface area contributed by atoms with Crippen molar-refractivity contribution in [2.24, 2.45) is 11.1 Å². The largest absolute Gasteiger partial charge is 0.475 e. The van der Waals surface area contributed by atoms with Gasteiger partial charge in [-0.05, 0) is 80.6 Å². The zero-order valence-electron chi connectivity index (χ0n) is 40.9. The van der Waals surface area contributed by atoms with E-state index in [1.54, 1.807) is 21.7 Å². The molecule has 5 amide bonds. The van der Waals surface area contributed by atoms with Crippen molar-refractivity contribution < 1.29 is 60.5 Å². The fraction of sp³-hybridized carbons (Fsp3) is 0.449. The second-order valence-electron chi connectivity index (χ2n) is 18.5. The summed E-state index contributed by atoms with van der Waals surface area (Å²) in [7, 11) is 0. The highest BCUT2D eigenvalue weighted by atomic mass is 32.1. The number of primary amides is 1. The van der Waals surface area contributed by atoms with Gasteiger partial charge in [-0.25, -0.2) is 14.4 Å². The number of amides is 5. The molecule has 4 heterocycles. The number of ether oxygens (including phenoxy) is 4. The van der Waals surface area contributed by atoms with Gasteiger partial charge in [-0.15, -0.1) is 11.3 Å². The predicted molar refractivity (Wildman–Crippen MR) is 264 cm³/mol. The van der Waals surface area contributed by atoms with E-state index in [2.05, 4.69) is 20.6 Å². The number of carbonyl (C=O) groups is 5. The van der Waals surface area contributed by atoms with Gasteiger partial charge in [-0.2, -0.15) is 18.4 Å². The molecule has 2 aliphatic heterocycles. The van der Waals surface area contributed by atoms with E-state index in [-0.39, 0.29) is 75.2 Å². The average Bonchev–Trinajstić information content (AvgIpc) is 4.04. The minimum absolute atomic E-state index is 0.0180. The summed E-state index contributed by atoms with van der Waals surface area (Å²) in [5, 5.41) is 14.5. The highest BCUT2D eigenvalue weighted by Gasteiger charge is 2.52. The molecule has 0 spiro atoms. The smallest absolute Gasteiger partial charge is 0.420 e. The minimum atomic E-state index is -5.26. The Morgan fingerprint density at radius 2 is 1.66 bits per heavy atom. The third-order valence-electron chi connectivity index (χ3n) is 11.9. The number of hydrogen-bond donors (Lipinski definition) is 3. The quantitative estimate of drug-likeness (QED) is 0.0507. The molecule has 0 bridgehead atoms. The monoisotopic (exact) mass is 1050 g/mol. The molecule has 0 saturated carbocycles. The first-order chi connectivity index (χ1) is 34.5. The molecule has 2 aromatic heterocycles. The number of aromatic nitrogens is 2. The van der Waals surface area contributed by atoms with Crippen LogP contribution >= 0.6 is 23.6 Å². The van der Waals surface area contributed by atoms with E-state index in [0.29, 0.717) is 30.8 Å². The fourth-order valence-electron chi connectivity index (χ4n) is 8.19. The van der Waals surface area contributed by atoms with Crippen molar-refractivity contribution >= 4 is 69.6 Å². The maximum absolute atomic E-state index is 15.4. The lowest BCUT2D eigenvalue weighted by atomic mass is 9.85. The van der Waals surface area contributed by atoms with Crippen LogP contribution in [0.4, 0.5) is 28.9 Å². The summed E-state index contributed by atoms with van der Waals surface area (Å²) in [5.74, 6) is -5.07. The first-order valence-electron chi connectivity index (χ1n) is 23.0. The molecule has 18 nitrogen and oxygen atoms in total. The van der Waals surface area contributed by atoms with Crippen molar-refractivity contribution in [1.82, 2.24) is 25.5 Å². The Bertz CT molecular complexity index is 2760. The van der Waals surface area contributed by atoms with Gasteiger partial charge in [0.25, 0.3) is 11.8 Å². The first-order valence-corrected chi connectivity index (χ1v) is 24.3. The van der Waals surface area contributed by atoms with Crippen molar-refractivity contribution in [1.29, 1.82) is 5.26 Å². The normalized spacial score (nSPS) is 16.1. The average molecular weight is 1050 g/mol. The lowest BCUT2D eigenvalue weighted by Gasteiger charge is -2.35. The van der Waals surface area contributed by atoms with Gasteiger partial charge >= 0.3 is 6.18 Å². The molecule has 2 aliphatic rings. The zero-order chi connectivity index (χ0) is 53.4. The van der Waals surface area contributed by atoms with Crippen molar-refractivity contribution in [3.63, 3.8) is 0 Å². The number of halogens is 4. The maximum Gasteiger partial charge on any atom is 0.420 e. The number of benzene rings is 2. The second-order valence-corrected chi connectivity index (χ2v) is 19.7. The van der Waals surface area contributed by atoms with Gasteiger partial charge in [-0.3, -0.25) is 28.9 Å². The van der Waals surface area contributed by atoms with E-state index in [1.165, 1.54) is 37.1 Å². The van der Waals surface area contributed by atoms with Crippen LogP contribution in [0, 0.1) is 29.5 Å². The molecule has 0 unspecified atom stereocenters. The van der Waals surface area contributed by atoms with E-state index in [0.717, 1.165) is 33.8 Å². The zero-order valence-corrected chi connectivity index (χ0v) is 42.5. The number of alkyl halides is 3. The lowest BCUT2D eigenvalue weighted by Crippen LogP contribution is -2.58. The van der Waals surface area contributed by atoms with Gasteiger partial charge in [0.05, 0.1) is 78.3 Å². The maximum atomic E-state index is 15.4. The molecule has 2 aromatic carbocycles. The van der Waals surface area contributed by atoms with Crippen LogP contribution in [0.3, 0.4) is 0 Å². The predicted octanol–water partition coefficient (Wildman–Crippen LogP) is 5.83. The molecular weight excluding hydrogens is 999 g/mol. The molecular formula is C49H55F4N9O9S2. The number of nitriles is 1. The second kappa shape index (κ2) is 23.5. The molecule has 4 aromatic rings. The summed E-state index contributed by atoms with van der Waals surface area (Å²) in [5.41, 5.74) is 4.16. The number of thiocarbonyl (C=S) groups is 1. The Morgan fingerprint density at radius 1 is 1.00 bits per heavy atom. The lowest BCUT2D eigenvalue weighted by molar-refractivity contribution is -0.144. The number of nitrogens with two attached hydrogens (primary N) is 1. The third-order valence-corrected chi connectivity index (χ3v) is 13.3. The van der Waals surface area contributed by atoms with E-state index in [4.69, 9.17) is 36.9 Å². The Hall–Kier alpha value is -6.65. The number of nitrogens with zero attached hydrogens (tertiary/aromatic N) is 6. The van der Waals surface area contributed by atoms with Crippen molar-refractivity contribution in [3.8, 4) is 22.4 Å². The standard InChI is InChI=1S/C49H55F4N9O9S2/c1-28-39(73-27-58-28)30-11-9-29(10-12-30)24-56-42(65)35-8-7-15-60(35)44(66)40(47(2,3)4)59-36(63)26-70-19-18-68-16-17-69-20-21-71-43-33(41(55)64)22-32(25-57-43)62-46(72)61(45(67)48(62,5)6)34-14-13-31(23-54)37(38(34)50)49(51,52)53/h9-14,22,25,27,35,40H,7-8,15-21,24,26H2,1-6H3,(H2,55,64)(H,56,65)(H,59,63)/t35-,40+/m0/s1. The van der Waals surface area contributed by atoms with Crippen LogP contribution in [0.2, 0.25) is 0 Å². The van der Waals surface area contributed by atoms with Crippen LogP contribution in [0.5, 0.6) is 5.88 Å². The molecule has 2 fully saturated rings. The first kappa shape index (κ1) is 55.7. The van der Waals surface area contributed by atoms with Crippen molar-refractivity contribution in [2.45, 2.75) is 84.7 Å². The number of pyridine rings is 1. The molecule has 2 atom stereocenters. The van der Waals surface area contributed by atoms with Crippen LogP contribution < -0.4 is 30.9 Å². The van der Waals surface area contributed by atoms with Gasteiger partial charge in [0.15, 0.2) is 10.9 Å². The third kappa shape index (κ3) is 12.9. The summed E-state index contributed by atoms with van der Waals surface area (Å²) in [6.45, 7) is 10.9. The Labute approximate surface area is 428 Å². The number of likely N-dealkylation sites (tertiary alicyclic amines) is 1. The highest BCUT2D eigenvalue weighted by Crippen LogP contribution is 2.42. The number of thiazole rings is 1. The number of anilines is 2. The number of carbonyl (C=O) groups excluding carboxylic acids is 5. The topological polar surface area (TPSA) is 232 Å². The summed E-state index contributed by atoms with van der Waals surface area (Å²) in [6, 6.07) is 10.4. The molecule has 4 N–H and O–H groups in total. The van der Waals surface area contributed by atoms with Crippen LogP contribution in [0.25, 0.3) is 10.4 Å². The molecule has 6 rings (SSSR count). The van der Waals surface area contributed by atoms with E-state index >= 15 is 4.39 Å². The fourth-order valence-corrected chi connectivity index (χ4v) is 9.51. The van der Waals surface area contributed by atoms with Gasteiger partial charge in [0.2, 0.25) is 23.6 Å². The Morgan fingerprint density at radius 3 is 2.26 bits per heavy atom. The summed E-state index contributed by atoms with van der Waals surface area (Å²) >= 11 is 7.03. The Balaban J connectivity index is 0.902. The van der Waals surface area contributed by atoms with Gasteiger partial charge in [0.1, 0.15) is 42.0 Å². The van der Waals surface area contributed by atoms with E-state index in [9.17, 15) is 42.4 Å². The van der Waals surface area contributed by atoms with Gasteiger partial charge in [-0.1, -0.05) is 45.0 Å². The molecule has 2 saturated heterocycles. The summed E-state index contributed by atoms with van der Waals surface area (Å²) in [6.07, 6.45) is -2.93. The number of rotatable bonds is 21. The van der Waals surface area contributed by atoms with Crippen molar-refractivity contribution in [3.05, 3.63) is 87.9 Å². The van der Waals surface area contributed by atoms with Crippen molar-refractivity contribution in [2.75, 3.05) is 62.6 Å². The summed E-state index contributed by atoms with van der Waals surface area (Å²) in [4.78, 5) is 79.2. The van der Waals surface area contributed by atoms with Crippen LogP contribution in [0.1, 0.15) is 80.2 Å². The SMILES string of the molecule is Cc1ncsc1-c1ccc(CNC(=O)[C@@H]2CCCN2C(=O)[C@@H](NC(=O)COCCOCCOCCOc2ncc(N3C(=S)N(c4ccc(C#N)c(C(F)(F)F)c4F)C(=O)C3(C)C)cc2C(N)=O)C(C)(C)C)cc1. The number of aryl methyl sites for hydroxylation is 1. The molecule has 0 aliphatic carbocycles. The molecule has 390 valence electrons. The number of nitrogens with one attached hydrogen (secondary N) is 2. The molecule has 73 heavy (non-hydrogen) atoms. The van der Waals surface area contributed by atoms with Gasteiger partial charge < -0.3 is 45.1 Å². The van der Waals surface area contributed by atoms with E-state index in [1.807, 2.05) is 52.0 Å². The van der Waals surface area contributed by atoms with Crippen LogP contribution in [0.15, 0.2) is 54.2 Å². The van der Waals surface area contributed by atoms with Gasteiger partial charge in [0, 0.05) is 13.1 Å². The molecule has 0 radical (unpaired) electrons. The highest BCUT2D eigenvalue weighted by molar-refractivity contribution is 7.81. The Kier molecular flexibility index (Phi) is 17.9. The minimum Gasteiger partial charge on any atom is -0.475 e. The van der Waals surface area contributed by atoms with Crippen LogP contribution in [-0.4, -0.2) is 120 Å². The van der Waals surface area contributed by atoms with Crippen LogP contribution in [-0.2, 0) is 46.1 Å². The summed E-state index contributed by atoms with van der Waals surface area (Å²) < 4.78 is 79.0. The molecule has 24 heteroatoms.